The van der Waals surface area contributed by atoms with Gasteiger partial charge in [0, 0.05) is 0 Å². The summed E-state index contributed by atoms with van der Waals surface area (Å²) < 4.78 is 24.2. The minimum atomic E-state index is -3.40. The Morgan fingerprint density at radius 1 is 1.25 bits per heavy atom. The van der Waals surface area contributed by atoms with E-state index in [2.05, 4.69) is 12.8 Å². The molecule has 0 aliphatic carbocycles. The third-order valence-corrected chi connectivity index (χ3v) is 3.31. The molecule has 0 aliphatic rings. The van der Waals surface area contributed by atoms with E-state index in [0.29, 0.717) is 0 Å². The lowest BCUT2D eigenvalue weighted by Gasteiger charge is -2.00. The third-order valence-electron chi connectivity index (χ3n) is 1.45. The maximum absolute atomic E-state index is 11.1. The molecule has 0 spiro atoms. The van der Waals surface area contributed by atoms with Crippen molar-refractivity contribution in [1.29, 1.82) is 0 Å². The standard InChI is InChI=1S/C7H9NO2S2/c1-6-2-4-7(5-3-6)12(9,10)8-11/h2-5,8,11H,1H3. The van der Waals surface area contributed by atoms with Crippen LogP contribution in [0.5, 0.6) is 0 Å². The number of thiol groups is 1. The van der Waals surface area contributed by atoms with Crippen LogP contribution < -0.4 is 4.13 Å². The van der Waals surface area contributed by atoms with Gasteiger partial charge in [0.2, 0.25) is 10.0 Å². The molecule has 0 aliphatic heterocycles. The zero-order valence-electron chi connectivity index (χ0n) is 6.48. The van der Waals surface area contributed by atoms with Gasteiger partial charge in [-0.25, -0.2) is 8.42 Å². The van der Waals surface area contributed by atoms with Gasteiger partial charge in [0.1, 0.15) is 0 Å². The van der Waals surface area contributed by atoms with E-state index in [1.165, 1.54) is 12.1 Å². The molecule has 12 heavy (non-hydrogen) atoms. The smallest absolute Gasteiger partial charge is 0.206 e. The predicted molar refractivity (Wildman–Crippen MR) is 50.5 cm³/mol. The molecule has 0 fully saturated rings. The molecule has 0 bridgehead atoms. The molecule has 1 aromatic rings. The zero-order chi connectivity index (χ0) is 9.19. The normalized spacial score (nSPS) is 11.5. The van der Waals surface area contributed by atoms with Gasteiger partial charge in [-0.05, 0) is 19.1 Å². The van der Waals surface area contributed by atoms with Crippen molar-refractivity contribution in [2.75, 3.05) is 0 Å². The molecule has 0 radical (unpaired) electrons. The molecule has 0 atom stereocenters. The largest absolute Gasteiger partial charge is 0.249 e. The fraction of sp³-hybridized carbons (Fsp3) is 0.143. The highest BCUT2D eigenvalue weighted by atomic mass is 32.3. The number of aryl methyl sites for hydroxylation is 1. The van der Waals surface area contributed by atoms with Crippen molar-refractivity contribution in [3.8, 4) is 0 Å². The van der Waals surface area contributed by atoms with E-state index in [4.69, 9.17) is 0 Å². The van der Waals surface area contributed by atoms with Gasteiger partial charge >= 0.3 is 0 Å². The Bertz CT molecular complexity index is 355. The van der Waals surface area contributed by atoms with Gasteiger partial charge in [-0.15, -0.1) is 0 Å². The fourth-order valence-corrected chi connectivity index (χ4v) is 1.69. The maximum atomic E-state index is 11.1. The molecule has 1 N–H and O–H groups in total. The Kier molecular flexibility index (Phi) is 2.76. The molecule has 0 heterocycles. The first-order valence-corrected chi connectivity index (χ1v) is 5.22. The summed E-state index contributed by atoms with van der Waals surface area (Å²) in [6, 6.07) is 6.54. The van der Waals surface area contributed by atoms with E-state index >= 15 is 0 Å². The number of hydrogen-bond acceptors (Lipinski definition) is 3. The average molecular weight is 203 g/mol. The number of rotatable bonds is 2. The van der Waals surface area contributed by atoms with Crippen LogP contribution >= 0.6 is 12.8 Å². The van der Waals surface area contributed by atoms with Gasteiger partial charge in [-0.1, -0.05) is 30.5 Å². The van der Waals surface area contributed by atoms with E-state index in [1.807, 2.05) is 11.1 Å². The Morgan fingerprint density at radius 3 is 2.17 bits per heavy atom. The monoisotopic (exact) mass is 203 g/mol. The van der Waals surface area contributed by atoms with E-state index < -0.39 is 10.0 Å². The first kappa shape index (κ1) is 9.57. The van der Waals surface area contributed by atoms with Crippen molar-refractivity contribution in [2.45, 2.75) is 11.8 Å². The third kappa shape index (κ3) is 2.00. The molecule has 3 nitrogen and oxygen atoms in total. The Hall–Kier alpha value is -0.520. The van der Waals surface area contributed by atoms with Gasteiger partial charge < -0.3 is 0 Å². The van der Waals surface area contributed by atoms with Gasteiger partial charge in [-0.2, -0.15) is 4.13 Å². The number of sulfonamides is 1. The van der Waals surface area contributed by atoms with E-state index in [1.54, 1.807) is 12.1 Å². The van der Waals surface area contributed by atoms with E-state index in [0.717, 1.165) is 5.56 Å². The Labute approximate surface area is 77.4 Å². The second-order valence-electron chi connectivity index (χ2n) is 2.41. The Morgan fingerprint density at radius 2 is 1.75 bits per heavy atom. The highest BCUT2D eigenvalue weighted by Crippen LogP contribution is 2.09. The summed E-state index contributed by atoms with van der Waals surface area (Å²) >= 11 is 3.50. The first-order valence-electron chi connectivity index (χ1n) is 3.29. The van der Waals surface area contributed by atoms with Crippen molar-refractivity contribution in [3.63, 3.8) is 0 Å². The van der Waals surface area contributed by atoms with Crippen molar-refractivity contribution in [2.24, 2.45) is 0 Å². The highest BCUT2D eigenvalue weighted by molar-refractivity contribution is 8.00. The van der Waals surface area contributed by atoms with Crippen LogP contribution in [0, 0.1) is 6.92 Å². The fourth-order valence-electron chi connectivity index (χ4n) is 0.770. The van der Waals surface area contributed by atoms with Crippen LogP contribution in [0.1, 0.15) is 5.56 Å². The van der Waals surface area contributed by atoms with Gasteiger partial charge in [0.25, 0.3) is 0 Å². The van der Waals surface area contributed by atoms with Crippen molar-refractivity contribution in [3.05, 3.63) is 29.8 Å². The van der Waals surface area contributed by atoms with Crippen molar-refractivity contribution in [1.82, 2.24) is 4.13 Å². The summed E-state index contributed by atoms with van der Waals surface area (Å²) in [5.41, 5.74) is 1.02. The predicted octanol–water partition coefficient (Wildman–Crippen LogP) is 1.12. The summed E-state index contributed by atoms with van der Waals surface area (Å²) in [7, 11) is -3.40. The van der Waals surface area contributed by atoms with E-state index in [9.17, 15) is 8.42 Å². The quantitative estimate of drug-likeness (QED) is 0.707. The number of hydrogen-bond donors (Lipinski definition) is 2. The van der Waals surface area contributed by atoms with Crippen LogP contribution in [0.25, 0.3) is 0 Å². The molecule has 66 valence electrons. The van der Waals surface area contributed by atoms with Crippen LogP contribution in [-0.4, -0.2) is 8.42 Å². The minimum Gasteiger partial charge on any atom is -0.206 e. The molecule has 0 saturated heterocycles. The van der Waals surface area contributed by atoms with Crippen LogP contribution in [0.15, 0.2) is 29.2 Å². The van der Waals surface area contributed by atoms with E-state index in [-0.39, 0.29) is 4.90 Å². The van der Waals surface area contributed by atoms with Crippen LogP contribution in [-0.2, 0) is 10.0 Å². The number of nitrogens with one attached hydrogen (secondary N) is 1. The van der Waals surface area contributed by atoms with Gasteiger partial charge in [0.15, 0.2) is 0 Å². The zero-order valence-corrected chi connectivity index (χ0v) is 8.19. The number of benzene rings is 1. The SMILES string of the molecule is Cc1ccc(S(=O)(=O)NS)cc1. The lowest BCUT2D eigenvalue weighted by molar-refractivity contribution is 0.595. The molecule has 1 aromatic carbocycles. The molecular weight excluding hydrogens is 194 g/mol. The molecular formula is C7H9NO2S2. The molecule has 0 aromatic heterocycles. The minimum absolute atomic E-state index is 0.225. The molecule has 0 unspecified atom stereocenters. The lowest BCUT2D eigenvalue weighted by atomic mass is 10.2. The van der Waals surface area contributed by atoms with Crippen molar-refractivity contribution < 1.29 is 8.42 Å². The summed E-state index contributed by atoms with van der Waals surface area (Å²) in [5, 5.41) is 0. The van der Waals surface area contributed by atoms with Crippen LogP contribution in [0.3, 0.4) is 0 Å². The second-order valence-corrected chi connectivity index (χ2v) is 4.62. The molecule has 5 heteroatoms. The molecule has 0 amide bonds. The second kappa shape index (κ2) is 3.47. The summed E-state index contributed by atoms with van der Waals surface area (Å²) in [5.74, 6) is 0. The highest BCUT2D eigenvalue weighted by Gasteiger charge is 2.09. The maximum Gasteiger partial charge on any atom is 0.249 e. The van der Waals surface area contributed by atoms with Gasteiger partial charge in [0.05, 0.1) is 4.90 Å². The average Bonchev–Trinajstić information content (AvgIpc) is 2.05. The van der Waals surface area contributed by atoms with Crippen LogP contribution in [0.4, 0.5) is 0 Å². The summed E-state index contributed by atoms with van der Waals surface area (Å²) in [6.45, 7) is 1.89. The Balaban J connectivity index is 3.14. The van der Waals surface area contributed by atoms with Crippen molar-refractivity contribution >= 4 is 22.8 Å². The lowest BCUT2D eigenvalue weighted by Crippen LogP contribution is -2.13. The molecule has 0 saturated carbocycles. The molecule has 1 rings (SSSR count). The van der Waals surface area contributed by atoms with Crippen LogP contribution in [0.2, 0.25) is 0 Å². The summed E-state index contributed by atoms with van der Waals surface area (Å²) in [6.07, 6.45) is 0. The van der Waals surface area contributed by atoms with Gasteiger partial charge in [-0.3, -0.25) is 0 Å². The first-order chi connectivity index (χ1) is 5.56. The topological polar surface area (TPSA) is 46.2 Å². The summed E-state index contributed by atoms with van der Waals surface area (Å²) in [4.78, 5) is 0.225.